The zero-order valence-electron chi connectivity index (χ0n) is 18.0. The molecule has 2 aliphatic rings. The van der Waals surface area contributed by atoms with Crippen molar-refractivity contribution in [2.24, 2.45) is 0 Å². The first-order chi connectivity index (χ1) is 16.6. The van der Waals surface area contributed by atoms with Crippen molar-refractivity contribution in [3.63, 3.8) is 0 Å². The topological polar surface area (TPSA) is 84.9 Å². The summed E-state index contributed by atoms with van der Waals surface area (Å²) >= 11 is 0.921. The van der Waals surface area contributed by atoms with E-state index in [1.54, 1.807) is 30.3 Å². The van der Waals surface area contributed by atoms with Gasteiger partial charge in [0.05, 0.1) is 11.4 Å². The summed E-state index contributed by atoms with van der Waals surface area (Å²) in [4.78, 5) is 39.2. The van der Waals surface area contributed by atoms with Gasteiger partial charge in [0.15, 0.2) is 11.5 Å². The SMILES string of the molecule is O=C(NCc1ccc2c(c1)OCO2)c1ccc(/C=C2\SC(=O)N(Cc3ccccc3)C2=O)cc1. The largest absolute Gasteiger partial charge is 0.454 e. The highest BCUT2D eigenvalue weighted by molar-refractivity contribution is 8.18. The molecular formula is C26H20N2O5S. The maximum Gasteiger partial charge on any atom is 0.293 e. The van der Waals surface area contributed by atoms with Crippen molar-refractivity contribution in [3.8, 4) is 11.5 Å². The Labute approximate surface area is 200 Å². The molecule has 2 aliphatic heterocycles. The Morgan fingerprint density at radius 1 is 0.941 bits per heavy atom. The van der Waals surface area contributed by atoms with Gasteiger partial charge >= 0.3 is 0 Å². The fraction of sp³-hybridized carbons (Fsp3) is 0.115. The average Bonchev–Trinajstić information content (AvgIpc) is 3.43. The van der Waals surface area contributed by atoms with Crippen molar-refractivity contribution >= 4 is 34.9 Å². The van der Waals surface area contributed by atoms with Crippen LogP contribution in [0.5, 0.6) is 11.5 Å². The van der Waals surface area contributed by atoms with Gasteiger partial charge in [-0.15, -0.1) is 0 Å². The van der Waals surface area contributed by atoms with Crippen LogP contribution in [0.15, 0.2) is 77.7 Å². The van der Waals surface area contributed by atoms with Gasteiger partial charge in [0, 0.05) is 12.1 Å². The van der Waals surface area contributed by atoms with Gasteiger partial charge in [-0.2, -0.15) is 0 Å². The first kappa shape index (κ1) is 21.8. The van der Waals surface area contributed by atoms with E-state index < -0.39 is 0 Å². The first-order valence-electron chi connectivity index (χ1n) is 10.6. The Hall–Kier alpha value is -4.04. The number of hydrogen-bond acceptors (Lipinski definition) is 6. The minimum atomic E-state index is -0.315. The van der Waals surface area contributed by atoms with Gasteiger partial charge in [0.2, 0.25) is 6.79 Å². The molecule has 3 aromatic rings. The molecule has 0 aromatic heterocycles. The van der Waals surface area contributed by atoms with E-state index in [0.29, 0.717) is 28.5 Å². The van der Waals surface area contributed by atoms with E-state index >= 15 is 0 Å². The van der Waals surface area contributed by atoms with Crippen LogP contribution in [0.1, 0.15) is 27.0 Å². The number of imide groups is 1. The van der Waals surface area contributed by atoms with Crippen LogP contribution in [0.4, 0.5) is 4.79 Å². The molecule has 0 radical (unpaired) electrons. The fourth-order valence-corrected chi connectivity index (χ4v) is 4.46. The molecule has 0 saturated carbocycles. The maximum absolute atomic E-state index is 12.7. The predicted molar refractivity (Wildman–Crippen MR) is 128 cm³/mol. The molecule has 1 saturated heterocycles. The molecule has 2 heterocycles. The van der Waals surface area contributed by atoms with Gasteiger partial charge in [0.1, 0.15) is 0 Å². The average molecular weight is 473 g/mol. The molecule has 3 amide bonds. The van der Waals surface area contributed by atoms with Gasteiger partial charge in [-0.1, -0.05) is 48.5 Å². The molecule has 170 valence electrons. The second kappa shape index (κ2) is 9.44. The van der Waals surface area contributed by atoms with E-state index in [9.17, 15) is 14.4 Å². The van der Waals surface area contributed by atoms with Crippen molar-refractivity contribution < 1.29 is 23.9 Å². The number of nitrogens with zero attached hydrogens (tertiary/aromatic N) is 1. The number of carbonyl (C=O) groups excluding carboxylic acids is 3. The van der Waals surface area contributed by atoms with Crippen molar-refractivity contribution in [3.05, 3.63) is 100.0 Å². The number of fused-ring (bicyclic) bond motifs is 1. The smallest absolute Gasteiger partial charge is 0.293 e. The number of benzene rings is 3. The lowest BCUT2D eigenvalue weighted by atomic mass is 10.1. The lowest BCUT2D eigenvalue weighted by Gasteiger charge is -2.12. The Bertz CT molecular complexity index is 1290. The lowest BCUT2D eigenvalue weighted by Crippen LogP contribution is -2.27. The van der Waals surface area contributed by atoms with Crippen molar-refractivity contribution in [1.82, 2.24) is 10.2 Å². The number of ether oxygens (including phenoxy) is 2. The van der Waals surface area contributed by atoms with Crippen molar-refractivity contribution in [1.29, 1.82) is 0 Å². The Morgan fingerprint density at radius 2 is 1.71 bits per heavy atom. The van der Waals surface area contributed by atoms with E-state index in [1.165, 1.54) is 4.90 Å². The summed E-state index contributed by atoms with van der Waals surface area (Å²) in [5.41, 5.74) is 3.02. The van der Waals surface area contributed by atoms with Crippen LogP contribution >= 0.6 is 11.8 Å². The van der Waals surface area contributed by atoms with E-state index in [4.69, 9.17) is 9.47 Å². The molecule has 3 aromatic carbocycles. The predicted octanol–water partition coefficient (Wildman–Crippen LogP) is 4.58. The molecule has 0 bridgehead atoms. The highest BCUT2D eigenvalue weighted by Gasteiger charge is 2.34. The summed E-state index contributed by atoms with van der Waals surface area (Å²) in [5.74, 6) is 0.838. The van der Waals surface area contributed by atoms with Crippen molar-refractivity contribution in [2.45, 2.75) is 13.1 Å². The summed E-state index contributed by atoms with van der Waals surface area (Å²) < 4.78 is 10.7. The zero-order valence-corrected chi connectivity index (χ0v) is 18.8. The number of thioether (sulfide) groups is 1. The van der Waals surface area contributed by atoms with Crippen LogP contribution in [-0.4, -0.2) is 28.7 Å². The molecule has 0 aliphatic carbocycles. The van der Waals surface area contributed by atoms with Gasteiger partial charge in [0.25, 0.3) is 17.1 Å². The van der Waals surface area contributed by atoms with E-state index in [-0.39, 0.29) is 30.4 Å². The van der Waals surface area contributed by atoms with Crippen molar-refractivity contribution in [2.75, 3.05) is 6.79 Å². The standard InChI is InChI=1S/C26H20N2O5S/c29-24(27-14-19-8-11-21-22(12-19)33-16-32-21)20-9-6-17(7-10-20)13-23-25(30)28(26(31)34-23)15-18-4-2-1-3-5-18/h1-13H,14-16H2,(H,27,29)/b23-13-. The number of nitrogens with one attached hydrogen (secondary N) is 1. The number of amides is 3. The zero-order chi connectivity index (χ0) is 23.5. The molecule has 1 fully saturated rings. The second-order valence-corrected chi connectivity index (χ2v) is 8.74. The Balaban J connectivity index is 1.21. The van der Waals surface area contributed by atoms with Crippen LogP contribution in [0.2, 0.25) is 0 Å². The third-order valence-electron chi connectivity index (χ3n) is 5.42. The third-order valence-corrected chi connectivity index (χ3v) is 6.33. The molecule has 0 unspecified atom stereocenters. The number of carbonyl (C=O) groups is 3. The minimum absolute atomic E-state index is 0.205. The molecule has 7 nitrogen and oxygen atoms in total. The minimum Gasteiger partial charge on any atom is -0.454 e. The van der Waals surface area contributed by atoms with Gasteiger partial charge in [-0.25, -0.2) is 0 Å². The fourth-order valence-electron chi connectivity index (χ4n) is 3.62. The Morgan fingerprint density at radius 3 is 2.50 bits per heavy atom. The quantitative estimate of drug-likeness (QED) is 0.529. The number of hydrogen-bond donors (Lipinski definition) is 1. The van der Waals surface area contributed by atoms with E-state index in [2.05, 4.69) is 5.32 Å². The highest BCUT2D eigenvalue weighted by Crippen LogP contribution is 2.34. The molecule has 8 heteroatoms. The number of rotatable bonds is 6. The molecule has 0 spiro atoms. The van der Waals surface area contributed by atoms with Gasteiger partial charge < -0.3 is 14.8 Å². The van der Waals surface area contributed by atoms with Crippen LogP contribution in [0.3, 0.4) is 0 Å². The normalized spacial score (nSPS) is 15.8. The van der Waals surface area contributed by atoms with Gasteiger partial charge in [-0.3, -0.25) is 19.3 Å². The first-order valence-corrected chi connectivity index (χ1v) is 11.4. The lowest BCUT2D eigenvalue weighted by molar-refractivity contribution is -0.123. The van der Waals surface area contributed by atoms with Crippen LogP contribution in [-0.2, 0) is 17.9 Å². The maximum atomic E-state index is 12.7. The van der Waals surface area contributed by atoms with Crippen LogP contribution in [0.25, 0.3) is 6.08 Å². The molecule has 0 atom stereocenters. The summed E-state index contributed by atoms with van der Waals surface area (Å²) in [6, 6.07) is 21.8. The third kappa shape index (κ3) is 4.67. The summed E-state index contributed by atoms with van der Waals surface area (Å²) in [6.45, 7) is 0.800. The Kier molecular flexibility index (Phi) is 6.05. The summed E-state index contributed by atoms with van der Waals surface area (Å²) in [6.07, 6.45) is 1.67. The van der Waals surface area contributed by atoms with Gasteiger partial charge in [-0.05, 0) is 58.8 Å². The summed E-state index contributed by atoms with van der Waals surface area (Å²) in [7, 11) is 0. The second-order valence-electron chi connectivity index (χ2n) is 7.75. The van der Waals surface area contributed by atoms with Crippen LogP contribution in [0, 0.1) is 0 Å². The summed E-state index contributed by atoms with van der Waals surface area (Å²) in [5, 5.41) is 2.59. The van der Waals surface area contributed by atoms with E-state index in [0.717, 1.165) is 28.5 Å². The molecule has 1 N–H and O–H groups in total. The molecular weight excluding hydrogens is 452 g/mol. The van der Waals surface area contributed by atoms with E-state index in [1.807, 2.05) is 48.5 Å². The highest BCUT2D eigenvalue weighted by atomic mass is 32.2. The van der Waals surface area contributed by atoms with Crippen LogP contribution < -0.4 is 14.8 Å². The molecule has 5 rings (SSSR count). The molecule has 34 heavy (non-hydrogen) atoms. The monoisotopic (exact) mass is 472 g/mol.